The summed E-state index contributed by atoms with van der Waals surface area (Å²) >= 11 is 0. The molecule has 0 saturated carbocycles. The molecule has 0 aromatic heterocycles. The van der Waals surface area contributed by atoms with Crippen LogP contribution in [-0.2, 0) is 0 Å². The van der Waals surface area contributed by atoms with Crippen LogP contribution in [0.25, 0.3) is 0 Å². The molecule has 0 heterocycles. The van der Waals surface area contributed by atoms with Gasteiger partial charge in [-0.1, -0.05) is 49.3 Å². The van der Waals surface area contributed by atoms with E-state index in [1.807, 2.05) is 26.8 Å². The first-order valence-corrected chi connectivity index (χ1v) is 8.61. The van der Waals surface area contributed by atoms with E-state index in [1.54, 1.807) is 6.08 Å². The van der Waals surface area contributed by atoms with Crippen LogP contribution < -0.4 is 0 Å². The molecule has 0 spiro atoms. The highest BCUT2D eigenvalue weighted by Gasteiger charge is 2.29. The van der Waals surface area contributed by atoms with Crippen LogP contribution in [0.15, 0.2) is 35.5 Å². The first-order valence-electron chi connectivity index (χ1n) is 8.61. The standard InChI is InChI=1S/C20H34O2/c1-16(2)20(22)13-11-18(4)9-6-8-17(3)10-7-12-19(5,21)14-15-20/h9-10,14-16,21-22H,6-8,11-13H2,1-5H3/b15-14+,17-10+,18-9+/t19-,20-/m0/s1. The third-order valence-electron chi connectivity index (χ3n) is 4.83. The van der Waals surface area contributed by atoms with E-state index in [9.17, 15) is 10.2 Å². The molecule has 0 aliphatic heterocycles. The molecule has 1 rings (SSSR count). The number of hydrogen-bond donors (Lipinski definition) is 2. The fourth-order valence-electron chi connectivity index (χ4n) is 2.73. The van der Waals surface area contributed by atoms with Crippen molar-refractivity contribution in [2.24, 2.45) is 5.92 Å². The van der Waals surface area contributed by atoms with Gasteiger partial charge in [-0.3, -0.25) is 0 Å². The van der Waals surface area contributed by atoms with E-state index in [2.05, 4.69) is 26.0 Å². The minimum absolute atomic E-state index is 0.127. The Morgan fingerprint density at radius 2 is 1.50 bits per heavy atom. The van der Waals surface area contributed by atoms with Crippen LogP contribution in [0.4, 0.5) is 0 Å². The van der Waals surface area contributed by atoms with Crippen molar-refractivity contribution in [3.8, 4) is 0 Å². The minimum Gasteiger partial charge on any atom is -0.386 e. The molecule has 0 radical (unpaired) electrons. The third-order valence-corrected chi connectivity index (χ3v) is 4.83. The SMILES string of the molecule is C/C1=C\CC[C@](C)(O)/C=C/[C@](O)(C(C)C)CC/C(C)=C/CC1. The van der Waals surface area contributed by atoms with Gasteiger partial charge in [-0.05, 0) is 65.2 Å². The Hall–Kier alpha value is -0.860. The highest BCUT2D eigenvalue weighted by molar-refractivity contribution is 5.12. The third kappa shape index (κ3) is 6.50. The maximum atomic E-state index is 10.9. The molecule has 2 atom stereocenters. The molecule has 1 aliphatic carbocycles. The molecule has 0 bridgehead atoms. The topological polar surface area (TPSA) is 40.5 Å². The highest BCUT2D eigenvalue weighted by Crippen LogP contribution is 2.29. The van der Waals surface area contributed by atoms with E-state index in [0.29, 0.717) is 12.8 Å². The summed E-state index contributed by atoms with van der Waals surface area (Å²) < 4.78 is 0. The molecule has 0 aromatic carbocycles. The van der Waals surface area contributed by atoms with Gasteiger partial charge in [0.2, 0.25) is 0 Å². The summed E-state index contributed by atoms with van der Waals surface area (Å²) in [6.07, 6.45) is 13.4. The molecular formula is C20H34O2. The second-order valence-electron chi connectivity index (χ2n) is 7.51. The molecule has 0 aromatic rings. The second kappa shape index (κ2) is 8.12. The maximum Gasteiger partial charge on any atom is 0.0854 e. The van der Waals surface area contributed by atoms with Crippen LogP contribution in [0.1, 0.15) is 73.1 Å². The van der Waals surface area contributed by atoms with Crippen LogP contribution in [0.5, 0.6) is 0 Å². The quantitative estimate of drug-likeness (QED) is 0.674. The molecule has 2 N–H and O–H groups in total. The van der Waals surface area contributed by atoms with Gasteiger partial charge >= 0.3 is 0 Å². The largest absolute Gasteiger partial charge is 0.386 e. The Morgan fingerprint density at radius 1 is 0.909 bits per heavy atom. The average molecular weight is 306 g/mol. The van der Waals surface area contributed by atoms with Crippen molar-refractivity contribution in [1.82, 2.24) is 0 Å². The monoisotopic (exact) mass is 306 g/mol. The van der Waals surface area contributed by atoms with Gasteiger partial charge in [-0.15, -0.1) is 0 Å². The van der Waals surface area contributed by atoms with E-state index in [4.69, 9.17) is 0 Å². The van der Waals surface area contributed by atoms with Gasteiger partial charge in [-0.2, -0.15) is 0 Å². The smallest absolute Gasteiger partial charge is 0.0854 e. The Bertz CT molecular complexity index is 441. The Morgan fingerprint density at radius 3 is 2.14 bits per heavy atom. The molecule has 126 valence electrons. The normalized spacial score (nSPS) is 38.5. The van der Waals surface area contributed by atoms with E-state index in [-0.39, 0.29) is 5.92 Å². The fraction of sp³-hybridized carbons (Fsp3) is 0.700. The summed E-state index contributed by atoms with van der Waals surface area (Å²) in [5.74, 6) is 0.127. The van der Waals surface area contributed by atoms with Crippen molar-refractivity contribution < 1.29 is 10.2 Å². The van der Waals surface area contributed by atoms with Gasteiger partial charge in [0.25, 0.3) is 0 Å². The lowest BCUT2D eigenvalue weighted by molar-refractivity contribution is 0.0309. The van der Waals surface area contributed by atoms with E-state index < -0.39 is 11.2 Å². The number of rotatable bonds is 1. The first-order chi connectivity index (χ1) is 10.1. The Kier molecular flexibility index (Phi) is 7.08. The van der Waals surface area contributed by atoms with Crippen LogP contribution in [-0.4, -0.2) is 21.4 Å². The zero-order chi connectivity index (χ0) is 16.8. The minimum atomic E-state index is -0.866. The molecule has 22 heavy (non-hydrogen) atoms. The Labute approximate surface area is 136 Å². The Balaban J connectivity index is 3.00. The zero-order valence-electron chi connectivity index (χ0n) is 15.0. The summed E-state index contributed by atoms with van der Waals surface area (Å²) in [6.45, 7) is 10.2. The molecule has 2 nitrogen and oxygen atoms in total. The summed E-state index contributed by atoms with van der Waals surface area (Å²) in [7, 11) is 0. The van der Waals surface area contributed by atoms with Crippen molar-refractivity contribution in [1.29, 1.82) is 0 Å². The first kappa shape index (κ1) is 19.2. The van der Waals surface area contributed by atoms with Crippen molar-refractivity contribution in [3.63, 3.8) is 0 Å². The average Bonchev–Trinajstić information content (AvgIpc) is 2.42. The van der Waals surface area contributed by atoms with Crippen LogP contribution in [0.2, 0.25) is 0 Å². The molecule has 1 aliphatic rings. The number of allylic oxidation sites excluding steroid dienone is 4. The molecule has 0 unspecified atom stereocenters. The molecular weight excluding hydrogens is 272 g/mol. The summed E-state index contributed by atoms with van der Waals surface area (Å²) in [5, 5.41) is 21.4. The summed E-state index contributed by atoms with van der Waals surface area (Å²) in [4.78, 5) is 0. The molecule has 0 saturated heterocycles. The van der Waals surface area contributed by atoms with Gasteiger partial charge in [0.05, 0.1) is 11.2 Å². The lowest BCUT2D eigenvalue weighted by atomic mass is 9.82. The van der Waals surface area contributed by atoms with Crippen molar-refractivity contribution >= 4 is 0 Å². The van der Waals surface area contributed by atoms with Crippen molar-refractivity contribution in [2.75, 3.05) is 0 Å². The second-order valence-corrected chi connectivity index (χ2v) is 7.51. The van der Waals surface area contributed by atoms with Crippen LogP contribution >= 0.6 is 0 Å². The van der Waals surface area contributed by atoms with E-state index in [1.165, 1.54) is 11.1 Å². The highest BCUT2D eigenvalue weighted by atomic mass is 16.3. The van der Waals surface area contributed by atoms with E-state index >= 15 is 0 Å². The van der Waals surface area contributed by atoms with Gasteiger partial charge in [0.15, 0.2) is 0 Å². The summed E-state index contributed by atoms with van der Waals surface area (Å²) in [5.41, 5.74) is 1.01. The fourth-order valence-corrected chi connectivity index (χ4v) is 2.73. The zero-order valence-corrected chi connectivity index (χ0v) is 15.0. The lowest BCUT2D eigenvalue weighted by Crippen LogP contribution is -2.34. The predicted molar refractivity (Wildman–Crippen MR) is 94.8 cm³/mol. The van der Waals surface area contributed by atoms with Crippen LogP contribution in [0.3, 0.4) is 0 Å². The van der Waals surface area contributed by atoms with Crippen LogP contribution in [0, 0.1) is 5.92 Å². The maximum absolute atomic E-state index is 10.9. The van der Waals surface area contributed by atoms with Gasteiger partial charge < -0.3 is 10.2 Å². The van der Waals surface area contributed by atoms with Crippen molar-refractivity contribution in [3.05, 3.63) is 35.5 Å². The van der Waals surface area contributed by atoms with E-state index in [0.717, 1.165) is 25.7 Å². The van der Waals surface area contributed by atoms with Gasteiger partial charge in [-0.25, -0.2) is 0 Å². The molecule has 2 heteroatoms. The van der Waals surface area contributed by atoms with Gasteiger partial charge in [0, 0.05) is 0 Å². The van der Waals surface area contributed by atoms with Gasteiger partial charge in [0.1, 0.15) is 0 Å². The number of aliphatic hydroxyl groups is 2. The predicted octanol–water partition coefficient (Wildman–Crippen LogP) is 4.93. The summed E-state index contributed by atoms with van der Waals surface area (Å²) in [6, 6.07) is 0. The molecule has 0 amide bonds. The van der Waals surface area contributed by atoms with Crippen molar-refractivity contribution in [2.45, 2.75) is 84.3 Å². The number of hydrogen-bond acceptors (Lipinski definition) is 2. The lowest BCUT2D eigenvalue weighted by Gasteiger charge is -2.31. The molecule has 0 fully saturated rings.